The van der Waals surface area contributed by atoms with E-state index in [0.29, 0.717) is 30.6 Å². The van der Waals surface area contributed by atoms with Crippen LogP contribution in [0.3, 0.4) is 0 Å². The Hall–Kier alpha value is -3.68. The fraction of sp³-hybridized carbons (Fsp3) is 0.333. The Labute approximate surface area is 186 Å². The molecule has 4 aromatic rings. The zero-order chi connectivity index (χ0) is 22.1. The number of anilines is 1. The highest BCUT2D eigenvalue weighted by molar-refractivity contribution is 5.98. The number of piperidine rings is 1. The molecule has 1 aliphatic heterocycles. The van der Waals surface area contributed by atoms with Crippen molar-refractivity contribution < 1.29 is 9.21 Å². The molecule has 2 aromatic heterocycles. The number of oxazole rings is 1. The van der Waals surface area contributed by atoms with Gasteiger partial charge in [0, 0.05) is 13.1 Å². The molecule has 164 valence electrons. The number of carbonyl (C=O) groups excluding carboxylic acids is 1. The van der Waals surface area contributed by atoms with Crippen LogP contribution in [0.15, 0.2) is 59.3 Å². The van der Waals surface area contributed by atoms with Crippen LogP contribution in [-0.4, -0.2) is 49.9 Å². The molecule has 3 heterocycles. The Kier molecular flexibility index (Phi) is 5.34. The number of nitrogens with one attached hydrogen (secondary N) is 1. The van der Waals surface area contributed by atoms with Crippen LogP contribution < -0.4 is 5.32 Å². The number of aromatic nitrogens is 4. The molecule has 1 fully saturated rings. The van der Waals surface area contributed by atoms with Crippen molar-refractivity contribution in [3.63, 3.8) is 0 Å². The van der Waals surface area contributed by atoms with Crippen LogP contribution in [0, 0.1) is 12.8 Å². The Morgan fingerprint density at radius 3 is 2.78 bits per heavy atom. The summed E-state index contributed by atoms with van der Waals surface area (Å²) in [7, 11) is 0. The summed E-state index contributed by atoms with van der Waals surface area (Å²) in [6, 6.07) is 13.9. The van der Waals surface area contributed by atoms with Crippen LogP contribution >= 0.6 is 0 Å². The zero-order valence-corrected chi connectivity index (χ0v) is 18.2. The first-order chi connectivity index (χ1) is 15.6. The zero-order valence-electron chi connectivity index (χ0n) is 18.2. The second-order valence-corrected chi connectivity index (χ2v) is 8.34. The molecule has 8 heteroatoms. The van der Waals surface area contributed by atoms with E-state index in [1.54, 1.807) is 12.4 Å². The molecule has 2 aromatic carbocycles. The van der Waals surface area contributed by atoms with Crippen molar-refractivity contribution in [2.45, 2.75) is 32.7 Å². The number of benzene rings is 2. The lowest BCUT2D eigenvalue weighted by molar-refractivity contribution is 0.0539. The van der Waals surface area contributed by atoms with Gasteiger partial charge in [0.05, 0.1) is 24.0 Å². The third-order valence-electron chi connectivity index (χ3n) is 6.22. The lowest BCUT2D eigenvalue weighted by Gasteiger charge is -2.40. The van der Waals surface area contributed by atoms with Gasteiger partial charge in [0.25, 0.3) is 11.9 Å². The molecule has 0 radical (unpaired) electrons. The van der Waals surface area contributed by atoms with Crippen molar-refractivity contribution >= 4 is 23.0 Å². The van der Waals surface area contributed by atoms with Gasteiger partial charge in [-0.1, -0.05) is 31.2 Å². The van der Waals surface area contributed by atoms with Gasteiger partial charge in [-0.25, -0.2) is 0 Å². The van der Waals surface area contributed by atoms with Crippen molar-refractivity contribution in [1.82, 2.24) is 24.9 Å². The van der Waals surface area contributed by atoms with Crippen LogP contribution in [0.2, 0.25) is 0 Å². The number of hydrogen-bond donors (Lipinski definition) is 1. The van der Waals surface area contributed by atoms with E-state index >= 15 is 0 Å². The Bertz CT molecular complexity index is 1200. The molecule has 0 aliphatic carbocycles. The Morgan fingerprint density at radius 1 is 1.16 bits per heavy atom. The minimum Gasteiger partial charge on any atom is -0.424 e. The van der Waals surface area contributed by atoms with Crippen LogP contribution in [0.5, 0.6) is 0 Å². The van der Waals surface area contributed by atoms with Crippen molar-refractivity contribution in [2.75, 3.05) is 18.4 Å². The molecule has 8 nitrogen and oxygen atoms in total. The highest BCUT2D eigenvalue weighted by Gasteiger charge is 2.34. The topological polar surface area (TPSA) is 89.1 Å². The molecule has 1 amide bonds. The minimum absolute atomic E-state index is 0.00286. The van der Waals surface area contributed by atoms with Crippen molar-refractivity contribution in [3.8, 4) is 5.69 Å². The maximum atomic E-state index is 13.8. The normalized spacial score (nSPS) is 18.8. The highest BCUT2D eigenvalue weighted by atomic mass is 16.4. The van der Waals surface area contributed by atoms with Crippen molar-refractivity contribution in [3.05, 3.63) is 66.0 Å². The molecule has 1 saturated heterocycles. The van der Waals surface area contributed by atoms with Gasteiger partial charge in [-0.3, -0.25) is 4.79 Å². The predicted molar refractivity (Wildman–Crippen MR) is 122 cm³/mol. The van der Waals surface area contributed by atoms with Gasteiger partial charge in [-0.05, 0) is 49.4 Å². The van der Waals surface area contributed by atoms with Gasteiger partial charge in [0.1, 0.15) is 11.2 Å². The number of hydrogen-bond acceptors (Lipinski definition) is 6. The maximum Gasteiger partial charge on any atom is 0.295 e. The predicted octanol–water partition coefficient (Wildman–Crippen LogP) is 4.07. The summed E-state index contributed by atoms with van der Waals surface area (Å²) in [4.78, 5) is 21.8. The molecule has 1 N–H and O–H groups in total. The van der Waals surface area contributed by atoms with E-state index in [1.165, 1.54) is 4.80 Å². The minimum atomic E-state index is -0.00286. The summed E-state index contributed by atoms with van der Waals surface area (Å²) >= 11 is 0. The quantitative estimate of drug-likeness (QED) is 0.513. The monoisotopic (exact) mass is 430 g/mol. The number of amides is 1. The standard InChI is InChI=1S/C24H26N6O2/c1-16-8-6-14-29(20(16)15-25-24-28-19-10-3-4-11-21(19)32-24)23(31)18-9-5-7-17(2)22(18)30-26-12-13-27-30/h3-5,7,9-13,16,20H,6,8,14-15H2,1-2H3,(H,25,28)/t16-,20-/m1/s1. The van der Waals surface area contributed by atoms with E-state index in [-0.39, 0.29) is 11.9 Å². The molecule has 0 spiro atoms. The maximum absolute atomic E-state index is 13.8. The first-order valence-electron chi connectivity index (χ1n) is 11.0. The second kappa shape index (κ2) is 8.45. The lowest BCUT2D eigenvalue weighted by Crippen LogP contribution is -2.51. The number of likely N-dealkylation sites (tertiary alicyclic amines) is 1. The van der Waals surface area contributed by atoms with Gasteiger partial charge in [-0.15, -0.1) is 0 Å². The van der Waals surface area contributed by atoms with Crippen molar-refractivity contribution in [1.29, 1.82) is 0 Å². The average molecular weight is 431 g/mol. The van der Waals surface area contributed by atoms with Crippen LogP contribution in [0.25, 0.3) is 16.8 Å². The molecular formula is C24H26N6O2. The lowest BCUT2D eigenvalue weighted by atomic mass is 9.90. The number of carbonyl (C=O) groups is 1. The molecule has 2 atom stereocenters. The number of nitrogens with zero attached hydrogens (tertiary/aromatic N) is 5. The third kappa shape index (κ3) is 3.72. The summed E-state index contributed by atoms with van der Waals surface area (Å²) in [5, 5.41) is 11.9. The summed E-state index contributed by atoms with van der Waals surface area (Å²) in [5.74, 6) is 0.345. The van der Waals surface area contributed by atoms with E-state index in [1.807, 2.05) is 54.3 Å². The largest absolute Gasteiger partial charge is 0.424 e. The molecule has 0 unspecified atom stereocenters. The van der Waals surface area contributed by atoms with E-state index in [4.69, 9.17) is 4.42 Å². The fourth-order valence-corrected chi connectivity index (χ4v) is 4.54. The number of para-hydroxylation sites is 3. The van der Waals surface area contributed by atoms with Crippen molar-refractivity contribution in [2.24, 2.45) is 5.92 Å². The summed E-state index contributed by atoms with van der Waals surface area (Å²) in [5.41, 5.74) is 3.86. The molecule has 1 aliphatic rings. The number of rotatable bonds is 5. The SMILES string of the molecule is Cc1cccc(C(=O)N2CCC[C@@H](C)[C@H]2CNc2nc3ccccc3o2)c1-n1nccn1. The average Bonchev–Trinajstić information content (AvgIpc) is 3.47. The Morgan fingerprint density at radius 2 is 1.97 bits per heavy atom. The van der Waals surface area contributed by atoms with Gasteiger partial charge in [0.15, 0.2) is 5.58 Å². The smallest absolute Gasteiger partial charge is 0.295 e. The number of aryl methyl sites for hydroxylation is 1. The summed E-state index contributed by atoms with van der Waals surface area (Å²) in [6.45, 7) is 5.45. The molecular weight excluding hydrogens is 404 g/mol. The highest BCUT2D eigenvalue weighted by Crippen LogP contribution is 2.28. The van der Waals surface area contributed by atoms with Gasteiger partial charge in [-0.2, -0.15) is 20.0 Å². The molecule has 0 saturated carbocycles. The Balaban J connectivity index is 1.41. The molecule has 5 rings (SSSR count). The van der Waals surface area contributed by atoms with Gasteiger partial charge in [0.2, 0.25) is 0 Å². The van der Waals surface area contributed by atoms with Crippen LogP contribution in [0.1, 0.15) is 35.7 Å². The summed E-state index contributed by atoms with van der Waals surface area (Å²) in [6.07, 6.45) is 5.30. The van der Waals surface area contributed by atoms with E-state index < -0.39 is 0 Å². The third-order valence-corrected chi connectivity index (χ3v) is 6.22. The molecule has 32 heavy (non-hydrogen) atoms. The first-order valence-corrected chi connectivity index (χ1v) is 11.0. The second-order valence-electron chi connectivity index (χ2n) is 8.34. The summed E-state index contributed by atoms with van der Waals surface area (Å²) < 4.78 is 5.81. The fourth-order valence-electron chi connectivity index (χ4n) is 4.54. The van der Waals surface area contributed by atoms with Crippen LogP contribution in [0.4, 0.5) is 6.01 Å². The number of fused-ring (bicyclic) bond motifs is 1. The van der Waals surface area contributed by atoms with Gasteiger partial charge >= 0.3 is 0 Å². The van der Waals surface area contributed by atoms with Gasteiger partial charge < -0.3 is 14.6 Å². The molecule has 0 bridgehead atoms. The van der Waals surface area contributed by atoms with E-state index in [2.05, 4.69) is 27.4 Å². The van der Waals surface area contributed by atoms with E-state index in [9.17, 15) is 4.79 Å². The van der Waals surface area contributed by atoms with Crippen LogP contribution in [-0.2, 0) is 0 Å². The van der Waals surface area contributed by atoms with E-state index in [0.717, 1.165) is 35.2 Å². The first kappa shape index (κ1) is 20.2.